The molecule has 0 saturated heterocycles. The Morgan fingerprint density at radius 2 is 1.72 bits per heavy atom. The summed E-state index contributed by atoms with van der Waals surface area (Å²) < 4.78 is 36.3. The minimum absolute atomic E-state index is 0.0656. The maximum atomic E-state index is 12.1. The van der Waals surface area contributed by atoms with Gasteiger partial charge in [0.25, 0.3) is 0 Å². The molecule has 0 aromatic heterocycles. The number of halogens is 3. The maximum Gasteiger partial charge on any atom is 0.389 e. The van der Waals surface area contributed by atoms with Gasteiger partial charge in [-0.1, -0.05) is 23.8 Å². The zero-order valence-corrected chi connectivity index (χ0v) is 10.9. The minimum atomic E-state index is -4.16. The van der Waals surface area contributed by atoms with Crippen LogP contribution in [0.25, 0.3) is 0 Å². The smallest absolute Gasteiger partial charge is 0.385 e. The van der Waals surface area contributed by atoms with Crippen LogP contribution >= 0.6 is 0 Å². The highest BCUT2D eigenvalue weighted by atomic mass is 19.4. The number of benzene rings is 1. The van der Waals surface area contributed by atoms with E-state index in [4.69, 9.17) is 0 Å². The zero-order chi connectivity index (χ0) is 14.0. The van der Waals surface area contributed by atoms with E-state index in [2.05, 4.69) is 0 Å². The van der Waals surface area contributed by atoms with Crippen molar-refractivity contribution in [1.82, 2.24) is 0 Å². The van der Waals surface area contributed by atoms with E-state index in [9.17, 15) is 18.3 Å². The summed E-state index contributed by atoms with van der Waals surface area (Å²) in [4.78, 5) is 0. The standard InChI is InChI=1S/C14H19F3O/c1-10-5-6-11(2)12(9-10)13(3,18)7-4-8-14(15,16)17/h5-6,9,18H,4,7-8H2,1-3H3. The van der Waals surface area contributed by atoms with Crippen molar-refractivity contribution in [3.8, 4) is 0 Å². The van der Waals surface area contributed by atoms with E-state index >= 15 is 0 Å². The predicted molar refractivity (Wildman–Crippen MR) is 65.4 cm³/mol. The number of aryl methyl sites for hydroxylation is 2. The van der Waals surface area contributed by atoms with Gasteiger partial charge in [-0.15, -0.1) is 0 Å². The van der Waals surface area contributed by atoms with Gasteiger partial charge in [0.05, 0.1) is 5.60 Å². The molecule has 0 bridgehead atoms. The van der Waals surface area contributed by atoms with E-state index in [0.717, 1.165) is 11.1 Å². The normalized spacial score (nSPS) is 15.5. The lowest BCUT2D eigenvalue weighted by Crippen LogP contribution is -2.23. The van der Waals surface area contributed by atoms with Crippen LogP contribution in [-0.2, 0) is 5.60 Å². The first-order valence-corrected chi connectivity index (χ1v) is 5.99. The molecule has 0 fully saturated rings. The third kappa shape index (κ3) is 4.33. The quantitative estimate of drug-likeness (QED) is 0.858. The fourth-order valence-electron chi connectivity index (χ4n) is 2.08. The summed E-state index contributed by atoms with van der Waals surface area (Å²) in [6, 6.07) is 5.64. The second kappa shape index (κ2) is 5.31. The summed E-state index contributed by atoms with van der Waals surface area (Å²) in [5, 5.41) is 10.3. The summed E-state index contributed by atoms with van der Waals surface area (Å²) in [5.74, 6) is 0. The maximum absolute atomic E-state index is 12.1. The molecule has 1 nitrogen and oxygen atoms in total. The van der Waals surface area contributed by atoms with Crippen molar-refractivity contribution in [1.29, 1.82) is 0 Å². The number of alkyl halides is 3. The van der Waals surface area contributed by atoms with Gasteiger partial charge in [-0.05, 0) is 44.7 Å². The molecule has 1 N–H and O–H groups in total. The average Bonchev–Trinajstić information content (AvgIpc) is 2.19. The Kier molecular flexibility index (Phi) is 4.43. The van der Waals surface area contributed by atoms with Gasteiger partial charge in [0.15, 0.2) is 0 Å². The highest BCUT2D eigenvalue weighted by Crippen LogP contribution is 2.32. The van der Waals surface area contributed by atoms with E-state index < -0.39 is 18.2 Å². The molecule has 0 spiro atoms. The lowest BCUT2D eigenvalue weighted by atomic mass is 9.86. The van der Waals surface area contributed by atoms with Crippen LogP contribution in [0.1, 0.15) is 42.9 Å². The van der Waals surface area contributed by atoms with E-state index in [0.29, 0.717) is 5.56 Å². The van der Waals surface area contributed by atoms with Crippen LogP contribution in [0.15, 0.2) is 18.2 Å². The largest absolute Gasteiger partial charge is 0.389 e. The van der Waals surface area contributed by atoms with Crippen molar-refractivity contribution in [3.63, 3.8) is 0 Å². The van der Waals surface area contributed by atoms with Gasteiger partial charge in [0.2, 0.25) is 0 Å². The second-order valence-corrected chi connectivity index (χ2v) is 5.06. The van der Waals surface area contributed by atoms with Crippen LogP contribution < -0.4 is 0 Å². The van der Waals surface area contributed by atoms with Crippen molar-refractivity contribution >= 4 is 0 Å². The highest BCUT2D eigenvalue weighted by molar-refractivity contribution is 5.34. The van der Waals surface area contributed by atoms with Crippen LogP contribution in [0, 0.1) is 13.8 Å². The summed E-state index contributed by atoms with van der Waals surface area (Å²) >= 11 is 0. The number of hydrogen-bond acceptors (Lipinski definition) is 1. The first kappa shape index (κ1) is 15.0. The predicted octanol–water partition coefficient (Wildman–Crippen LogP) is 4.24. The van der Waals surface area contributed by atoms with Gasteiger partial charge in [0.1, 0.15) is 0 Å². The van der Waals surface area contributed by atoms with Crippen molar-refractivity contribution < 1.29 is 18.3 Å². The molecule has 1 atom stereocenters. The van der Waals surface area contributed by atoms with Crippen molar-refractivity contribution in [3.05, 3.63) is 34.9 Å². The molecule has 0 aliphatic carbocycles. The first-order valence-electron chi connectivity index (χ1n) is 5.99. The summed E-state index contributed by atoms with van der Waals surface area (Å²) in [6.45, 7) is 5.33. The molecule has 0 aliphatic rings. The third-order valence-corrected chi connectivity index (χ3v) is 3.10. The van der Waals surface area contributed by atoms with Crippen molar-refractivity contribution in [2.45, 2.75) is 51.8 Å². The average molecular weight is 260 g/mol. The van der Waals surface area contributed by atoms with Crippen molar-refractivity contribution in [2.75, 3.05) is 0 Å². The Balaban J connectivity index is 2.76. The fourth-order valence-corrected chi connectivity index (χ4v) is 2.08. The summed E-state index contributed by atoms with van der Waals surface area (Å²) in [5.41, 5.74) is 1.40. The highest BCUT2D eigenvalue weighted by Gasteiger charge is 2.30. The van der Waals surface area contributed by atoms with Gasteiger partial charge >= 0.3 is 6.18 Å². The van der Waals surface area contributed by atoms with Crippen LogP contribution in [0.5, 0.6) is 0 Å². The molecule has 0 amide bonds. The van der Waals surface area contributed by atoms with Crippen LogP contribution in [0.4, 0.5) is 13.2 Å². The molecule has 0 aliphatic heterocycles. The number of rotatable bonds is 4. The molecule has 4 heteroatoms. The van der Waals surface area contributed by atoms with E-state index in [-0.39, 0.29) is 12.8 Å². The van der Waals surface area contributed by atoms with Crippen LogP contribution in [0.2, 0.25) is 0 Å². The van der Waals surface area contributed by atoms with E-state index in [1.807, 2.05) is 32.0 Å². The number of hydrogen-bond donors (Lipinski definition) is 1. The Bertz CT molecular complexity index is 408. The molecule has 18 heavy (non-hydrogen) atoms. The Labute approximate surface area is 106 Å². The molecule has 1 unspecified atom stereocenters. The van der Waals surface area contributed by atoms with Crippen molar-refractivity contribution in [2.24, 2.45) is 0 Å². The molecule has 1 aromatic rings. The van der Waals surface area contributed by atoms with Gasteiger partial charge in [-0.3, -0.25) is 0 Å². The molecule has 0 radical (unpaired) electrons. The lowest BCUT2D eigenvalue weighted by molar-refractivity contribution is -0.137. The van der Waals surface area contributed by atoms with Crippen LogP contribution in [0.3, 0.4) is 0 Å². The monoisotopic (exact) mass is 260 g/mol. The third-order valence-electron chi connectivity index (χ3n) is 3.10. The lowest BCUT2D eigenvalue weighted by Gasteiger charge is -2.26. The Hall–Kier alpha value is -1.03. The van der Waals surface area contributed by atoms with Gasteiger partial charge in [-0.25, -0.2) is 0 Å². The first-order chi connectivity index (χ1) is 8.12. The summed E-state index contributed by atoms with van der Waals surface area (Å²) in [7, 11) is 0. The molecule has 1 rings (SSSR count). The SMILES string of the molecule is Cc1ccc(C)c(C(C)(O)CCCC(F)(F)F)c1. The van der Waals surface area contributed by atoms with E-state index in [1.54, 1.807) is 6.92 Å². The summed E-state index contributed by atoms with van der Waals surface area (Å²) in [6.07, 6.45) is -4.97. The Morgan fingerprint density at radius 3 is 2.28 bits per heavy atom. The van der Waals surface area contributed by atoms with Gasteiger partial charge < -0.3 is 5.11 Å². The number of aliphatic hydroxyl groups is 1. The van der Waals surface area contributed by atoms with E-state index in [1.165, 1.54) is 0 Å². The zero-order valence-electron chi connectivity index (χ0n) is 10.9. The topological polar surface area (TPSA) is 20.2 Å². The van der Waals surface area contributed by atoms with Gasteiger partial charge in [-0.2, -0.15) is 13.2 Å². The molecule has 0 heterocycles. The second-order valence-electron chi connectivity index (χ2n) is 5.06. The molecular weight excluding hydrogens is 241 g/mol. The minimum Gasteiger partial charge on any atom is -0.385 e. The van der Waals surface area contributed by atoms with Crippen LogP contribution in [-0.4, -0.2) is 11.3 Å². The molecular formula is C14H19F3O. The fraction of sp³-hybridized carbons (Fsp3) is 0.571. The molecule has 1 aromatic carbocycles. The van der Waals surface area contributed by atoms with Gasteiger partial charge in [0, 0.05) is 6.42 Å². The molecule has 0 saturated carbocycles. The molecule has 102 valence electrons. The Morgan fingerprint density at radius 1 is 1.11 bits per heavy atom.